The third-order valence-electron chi connectivity index (χ3n) is 3.68. The molecule has 0 aliphatic carbocycles. The SMILES string of the molecule is CC(C)CNC(=O)C(F)(F)C(F)(F)C(F)(F)C(F)(F)C(F)(F)C(F)(F)C(F)(F)C(F)(F)F. The Hall–Kier alpha value is -1.72. The van der Waals surface area contributed by atoms with Crippen LogP contribution in [-0.4, -0.2) is 60.1 Å². The molecule has 0 fully saturated rings. The molecule has 1 N–H and O–H groups in total. The van der Waals surface area contributed by atoms with E-state index in [0.717, 1.165) is 19.2 Å². The number of hydrogen-bond donors (Lipinski definition) is 1. The maximum Gasteiger partial charge on any atom is 0.460 e. The summed E-state index contributed by atoms with van der Waals surface area (Å²) in [6.07, 6.45) is -7.81. The highest BCUT2D eigenvalue weighted by molar-refractivity contribution is 5.84. The van der Waals surface area contributed by atoms with Crippen LogP contribution < -0.4 is 5.32 Å². The van der Waals surface area contributed by atoms with Gasteiger partial charge in [-0.15, -0.1) is 0 Å². The third kappa shape index (κ3) is 4.03. The van der Waals surface area contributed by atoms with Crippen LogP contribution in [0, 0.1) is 5.92 Å². The smallest absolute Gasteiger partial charge is 0.350 e. The highest BCUT2D eigenvalue weighted by atomic mass is 19.4. The minimum atomic E-state index is -8.71. The predicted octanol–water partition coefficient (Wildman–Crippen LogP) is 5.77. The van der Waals surface area contributed by atoms with Gasteiger partial charge >= 0.3 is 47.6 Å². The molecule has 0 aliphatic rings. The first-order chi connectivity index (χ1) is 13.6. The minimum Gasteiger partial charge on any atom is -0.350 e. The average molecular weight is 519 g/mol. The van der Waals surface area contributed by atoms with E-state index >= 15 is 0 Å². The van der Waals surface area contributed by atoms with Crippen LogP contribution in [0.3, 0.4) is 0 Å². The second-order valence-electron chi connectivity index (χ2n) is 6.62. The molecule has 0 aromatic carbocycles. The molecule has 0 saturated carbocycles. The summed E-state index contributed by atoms with van der Waals surface area (Å²) in [5.74, 6) is -62.1. The lowest BCUT2D eigenvalue weighted by Gasteiger charge is -2.42. The van der Waals surface area contributed by atoms with Gasteiger partial charge in [-0.2, -0.15) is 74.6 Å². The number of hydrogen-bond acceptors (Lipinski definition) is 1. The lowest BCUT2D eigenvalue weighted by Crippen LogP contribution is -2.75. The third-order valence-corrected chi connectivity index (χ3v) is 3.68. The molecule has 0 aromatic rings. The normalized spacial score (nSPS) is 15.9. The van der Waals surface area contributed by atoms with Crippen LogP contribution in [-0.2, 0) is 4.79 Å². The number of carbonyl (C=O) groups is 1. The number of nitrogens with one attached hydrogen (secondary N) is 1. The molecule has 0 heterocycles. The Kier molecular flexibility index (Phi) is 7.52. The monoisotopic (exact) mass is 519 g/mol. The van der Waals surface area contributed by atoms with Gasteiger partial charge in [-0.05, 0) is 5.92 Å². The molecule has 0 atom stereocenters. The van der Waals surface area contributed by atoms with E-state index in [4.69, 9.17) is 0 Å². The summed E-state index contributed by atoms with van der Waals surface area (Å²) in [4.78, 5) is 11.0. The van der Waals surface area contributed by atoms with Gasteiger partial charge in [0.25, 0.3) is 5.91 Å². The van der Waals surface area contributed by atoms with Gasteiger partial charge in [0.05, 0.1) is 0 Å². The molecular formula is C13H10F17NO. The van der Waals surface area contributed by atoms with E-state index in [1.165, 1.54) is 0 Å². The molecule has 0 aliphatic heterocycles. The molecule has 0 bridgehead atoms. The zero-order valence-corrected chi connectivity index (χ0v) is 15.1. The van der Waals surface area contributed by atoms with Crippen molar-refractivity contribution >= 4 is 5.91 Å². The van der Waals surface area contributed by atoms with E-state index in [1.807, 2.05) is 0 Å². The van der Waals surface area contributed by atoms with Crippen LogP contribution in [0.4, 0.5) is 74.6 Å². The molecule has 0 aromatic heterocycles. The van der Waals surface area contributed by atoms with Crippen molar-refractivity contribution in [3.05, 3.63) is 0 Å². The molecule has 192 valence electrons. The standard InChI is InChI=1S/C13H10F17NO/c1-4(2)3-31-5(32)6(14,15)7(16,17)8(18,19)9(20,21)10(22,23)11(24,25)12(26,27)13(28,29)30/h4H,3H2,1-2H3,(H,31,32). The summed E-state index contributed by atoms with van der Waals surface area (Å²) >= 11 is 0. The maximum absolute atomic E-state index is 13.5. The lowest BCUT2D eigenvalue weighted by atomic mass is 9.89. The highest BCUT2D eigenvalue weighted by Crippen LogP contribution is 2.63. The van der Waals surface area contributed by atoms with Gasteiger partial charge in [-0.1, -0.05) is 13.8 Å². The van der Waals surface area contributed by atoms with E-state index in [2.05, 4.69) is 0 Å². The molecule has 0 spiro atoms. The molecular weight excluding hydrogens is 509 g/mol. The van der Waals surface area contributed by atoms with E-state index in [9.17, 15) is 79.4 Å². The number of amides is 1. The molecule has 0 rings (SSSR count). The minimum absolute atomic E-state index is 0.814. The van der Waals surface area contributed by atoms with E-state index in [-0.39, 0.29) is 0 Å². The topological polar surface area (TPSA) is 29.1 Å². The second-order valence-corrected chi connectivity index (χ2v) is 6.62. The fraction of sp³-hybridized carbons (Fsp3) is 0.923. The van der Waals surface area contributed by atoms with Gasteiger partial charge in [0.15, 0.2) is 0 Å². The number of carbonyl (C=O) groups excluding carboxylic acids is 1. The van der Waals surface area contributed by atoms with Gasteiger partial charge in [-0.3, -0.25) is 4.79 Å². The highest BCUT2D eigenvalue weighted by Gasteiger charge is 2.95. The zero-order chi connectivity index (χ0) is 26.6. The van der Waals surface area contributed by atoms with Crippen molar-refractivity contribution in [3.63, 3.8) is 0 Å². The van der Waals surface area contributed by atoms with Gasteiger partial charge in [0.1, 0.15) is 0 Å². The summed E-state index contributed by atoms with van der Waals surface area (Å²) in [6, 6.07) is 0. The lowest BCUT2D eigenvalue weighted by molar-refractivity contribution is -0.459. The average Bonchev–Trinajstić information content (AvgIpc) is 2.57. The van der Waals surface area contributed by atoms with Crippen LogP contribution in [0.5, 0.6) is 0 Å². The fourth-order valence-electron chi connectivity index (χ4n) is 1.71. The van der Waals surface area contributed by atoms with Crippen molar-refractivity contribution in [1.82, 2.24) is 5.32 Å². The van der Waals surface area contributed by atoms with E-state index in [1.54, 1.807) is 0 Å². The van der Waals surface area contributed by atoms with Crippen LogP contribution >= 0.6 is 0 Å². The van der Waals surface area contributed by atoms with Gasteiger partial charge in [-0.25, -0.2) is 0 Å². The summed E-state index contributed by atoms with van der Waals surface area (Å²) in [5, 5.41) is 0.814. The van der Waals surface area contributed by atoms with Crippen molar-refractivity contribution < 1.29 is 79.4 Å². The quantitative estimate of drug-likeness (QED) is 0.386. The van der Waals surface area contributed by atoms with Crippen LogP contribution in [0.25, 0.3) is 0 Å². The fourth-order valence-corrected chi connectivity index (χ4v) is 1.71. The van der Waals surface area contributed by atoms with Crippen molar-refractivity contribution in [1.29, 1.82) is 0 Å². The summed E-state index contributed by atoms with van der Waals surface area (Å²) in [5.41, 5.74) is 0. The van der Waals surface area contributed by atoms with Gasteiger partial charge in [0, 0.05) is 6.54 Å². The predicted molar refractivity (Wildman–Crippen MR) is 68.5 cm³/mol. The molecule has 0 radical (unpaired) electrons. The van der Waals surface area contributed by atoms with Crippen molar-refractivity contribution in [2.75, 3.05) is 6.54 Å². The van der Waals surface area contributed by atoms with Crippen LogP contribution in [0.1, 0.15) is 13.8 Å². The Labute approximate surface area is 166 Å². The Morgan fingerprint density at radius 1 is 0.562 bits per heavy atom. The number of halogens is 17. The molecule has 32 heavy (non-hydrogen) atoms. The first kappa shape index (κ1) is 30.3. The van der Waals surface area contributed by atoms with Gasteiger partial charge < -0.3 is 5.32 Å². The zero-order valence-electron chi connectivity index (χ0n) is 15.1. The van der Waals surface area contributed by atoms with Gasteiger partial charge in [0.2, 0.25) is 0 Å². The summed E-state index contributed by atoms with van der Waals surface area (Å²) < 4.78 is 221. The maximum atomic E-state index is 13.5. The van der Waals surface area contributed by atoms with Crippen molar-refractivity contribution in [2.24, 2.45) is 5.92 Å². The Bertz CT molecular complexity index is 693. The molecule has 19 heteroatoms. The number of rotatable bonds is 9. The Balaban J connectivity index is 6.62. The van der Waals surface area contributed by atoms with E-state index in [0.29, 0.717) is 0 Å². The Morgan fingerprint density at radius 2 is 0.844 bits per heavy atom. The Morgan fingerprint density at radius 3 is 1.12 bits per heavy atom. The van der Waals surface area contributed by atoms with Crippen LogP contribution in [0.15, 0.2) is 0 Å². The molecule has 0 unspecified atom stereocenters. The summed E-state index contributed by atoms with van der Waals surface area (Å²) in [7, 11) is 0. The van der Waals surface area contributed by atoms with E-state index < -0.39 is 66.0 Å². The molecule has 1 amide bonds. The first-order valence-corrected chi connectivity index (χ1v) is 7.58. The van der Waals surface area contributed by atoms with Crippen molar-refractivity contribution in [3.8, 4) is 0 Å². The van der Waals surface area contributed by atoms with Crippen molar-refractivity contribution in [2.45, 2.75) is 61.5 Å². The largest absolute Gasteiger partial charge is 0.460 e. The molecule has 2 nitrogen and oxygen atoms in total. The first-order valence-electron chi connectivity index (χ1n) is 7.58. The summed E-state index contributed by atoms with van der Waals surface area (Å²) in [6.45, 7) is 1.18. The second kappa shape index (κ2) is 7.95. The van der Waals surface area contributed by atoms with Crippen LogP contribution in [0.2, 0.25) is 0 Å². The molecule has 0 saturated heterocycles. The number of alkyl halides is 17.